The number of likely N-dealkylation sites (tertiary alicyclic amines) is 1. The molecular weight excluding hydrogens is 495 g/mol. The van der Waals surface area contributed by atoms with Crippen LogP contribution in [0.1, 0.15) is 17.4 Å². The van der Waals surface area contributed by atoms with E-state index in [-0.39, 0.29) is 17.6 Å². The van der Waals surface area contributed by atoms with Gasteiger partial charge in [0.25, 0.3) is 5.89 Å². The van der Waals surface area contributed by atoms with Crippen molar-refractivity contribution in [1.82, 2.24) is 15.0 Å². The summed E-state index contributed by atoms with van der Waals surface area (Å²) in [6.45, 7) is 3.70. The molecule has 1 N–H and O–H groups in total. The molecule has 7 nitrogen and oxygen atoms in total. The van der Waals surface area contributed by atoms with Crippen molar-refractivity contribution in [1.29, 1.82) is 0 Å². The van der Waals surface area contributed by atoms with E-state index < -0.39 is 29.2 Å². The molecule has 0 atom stereocenters. The lowest BCUT2D eigenvalue weighted by atomic mass is 10.0. The number of nitrogens with zero attached hydrogens (tertiary/aromatic N) is 3. The van der Waals surface area contributed by atoms with Crippen LogP contribution in [0.4, 0.5) is 13.2 Å². The Morgan fingerprint density at radius 1 is 1.17 bits per heavy atom. The van der Waals surface area contributed by atoms with Gasteiger partial charge in [-0.2, -0.15) is 9.37 Å². The molecule has 0 spiro atoms. The Kier molecular flexibility index (Phi) is 6.50. The van der Waals surface area contributed by atoms with E-state index in [0.717, 1.165) is 33.9 Å². The molecule has 36 heavy (non-hydrogen) atoms. The van der Waals surface area contributed by atoms with Crippen LogP contribution in [0, 0.1) is 23.4 Å². The lowest BCUT2D eigenvalue weighted by molar-refractivity contribution is -0.147. The Morgan fingerprint density at radius 2 is 1.97 bits per heavy atom. The Bertz CT molecular complexity index is 1430. The highest BCUT2D eigenvalue weighted by Crippen LogP contribution is 2.35. The van der Waals surface area contributed by atoms with Gasteiger partial charge in [-0.25, -0.2) is 8.78 Å². The number of hydrogen-bond donors (Lipinski definition) is 1. The zero-order valence-corrected chi connectivity index (χ0v) is 19.8. The maximum absolute atomic E-state index is 14.7. The average molecular weight is 516 g/mol. The molecule has 3 heterocycles. The minimum absolute atomic E-state index is 0.0939. The summed E-state index contributed by atoms with van der Waals surface area (Å²) >= 11 is 1.51. The van der Waals surface area contributed by atoms with Gasteiger partial charge in [0.05, 0.1) is 10.8 Å². The molecule has 2 aromatic carbocycles. The van der Waals surface area contributed by atoms with E-state index in [1.807, 2.05) is 6.92 Å². The topological polar surface area (TPSA) is 88.7 Å². The van der Waals surface area contributed by atoms with Crippen LogP contribution >= 0.6 is 11.3 Å². The minimum Gasteiger partial charge on any atom is -0.481 e. The molecule has 1 saturated heterocycles. The molecule has 186 valence electrons. The third kappa shape index (κ3) is 4.71. The summed E-state index contributed by atoms with van der Waals surface area (Å²) in [5, 5.41) is 13.1. The number of rotatable bonds is 8. The molecular formula is C25H20F3N3O4S. The Morgan fingerprint density at radius 3 is 2.69 bits per heavy atom. The SMILES string of the molecule is CCc1cc(CN2CC(C(=O)O)C2)sc1-c1noc(-c2ccc(Oc3cccc(F)c3F)c(F)c2)n1. The molecule has 5 rings (SSSR count). The third-order valence-corrected chi connectivity index (χ3v) is 7.03. The number of benzene rings is 2. The standard InChI is InChI=1S/C25H20F3N3O4S/c1-2-13-8-16(12-31-10-15(11-31)25(32)33)36-22(13)23-29-24(35-30-23)14-6-7-19(18(27)9-14)34-20-5-3-4-17(26)21(20)28/h3-9,15H,2,10-12H2,1H3,(H,32,33). The molecule has 2 aromatic heterocycles. The highest BCUT2D eigenvalue weighted by Gasteiger charge is 2.32. The predicted octanol–water partition coefficient (Wildman–Crippen LogP) is 5.75. The fraction of sp³-hybridized carbons (Fsp3) is 0.240. The number of aromatic nitrogens is 2. The second-order valence-corrected chi connectivity index (χ2v) is 9.51. The van der Waals surface area contributed by atoms with E-state index >= 15 is 0 Å². The van der Waals surface area contributed by atoms with Gasteiger partial charge in [-0.1, -0.05) is 18.1 Å². The number of carbonyl (C=O) groups is 1. The fourth-order valence-corrected chi connectivity index (χ4v) is 5.14. The quantitative estimate of drug-likeness (QED) is 0.320. The highest BCUT2D eigenvalue weighted by atomic mass is 32.1. The maximum atomic E-state index is 14.7. The van der Waals surface area contributed by atoms with Gasteiger partial charge in [0.15, 0.2) is 23.1 Å². The first kappa shape index (κ1) is 24.0. The first-order valence-electron chi connectivity index (χ1n) is 11.1. The summed E-state index contributed by atoms with van der Waals surface area (Å²) < 4.78 is 52.5. The van der Waals surface area contributed by atoms with Gasteiger partial charge >= 0.3 is 5.97 Å². The van der Waals surface area contributed by atoms with Crippen LogP contribution in [0.3, 0.4) is 0 Å². The van der Waals surface area contributed by atoms with Crippen molar-refractivity contribution in [3.8, 4) is 33.7 Å². The first-order valence-corrected chi connectivity index (χ1v) is 12.0. The normalized spacial score (nSPS) is 14.1. The van der Waals surface area contributed by atoms with Crippen LogP contribution in [-0.2, 0) is 17.8 Å². The third-order valence-electron chi connectivity index (χ3n) is 5.87. The average Bonchev–Trinajstić information content (AvgIpc) is 3.47. The first-order chi connectivity index (χ1) is 17.3. The van der Waals surface area contributed by atoms with Crippen LogP contribution in [0.5, 0.6) is 11.5 Å². The fourth-order valence-electron chi connectivity index (χ4n) is 3.92. The second-order valence-electron chi connectivity index (χ2n) is 8.37. The zero-order chi connectivity index (χ0) is 25.4. The zero-order valence-electron chi connectivity index (χ0n) is 19.0. The molecule has 0 unspecified atom stereocenters. The van der Waals surface area contributed by atoms with E-state index in [4.69, 9.17) is 14.4 Å². The Balaban J connectivity index is 1.33. The highest BCUT2D eigenvalue weighted by molar-refractivity contribution is 7.15. The van der Waals surface area contributed by atoms with Crippen molar-refractivity contribution >= 4 is 17.3 Å². The molecule has 1 fully saturated rings. The number of thiophene rings is 1. The lowest BCUT2D eigenvalue weighted by Crippen LogP contribution is -2.49. The van der Waals surface area contributed by atoms with Crippen LogP contribution in [0.2, 0.25) is 0 Å². The number of aryl methyl sites for hydroxylation is 1. The van der Waals surface area contributed by atoms with E-state index in [0.29, 0.717) is 31.0 Å². The number of halogens is 3. The molecule has 0 saturated carbocycles. The summed E-state index contributed by atoms with van der Waals surface area (Å²) in [5.41, 5.74) is 1.33. The van der Waals surface area contributed by atoms with Crippen LogP contribution in [-0.4, -0.2) is 39.2 Å². The van der Waals surface area contributed by atoms with Crippen LogP contribution < -0.4 is 4.74 Å². The molecule has 1 aliphatic heterocycles. The van der Waals surface area contributed by atoms with Gasteiger partial charge < -0.3 is 14.4 Å². The maximum Gasteiger partial charge on any atom is 0.309 e. The molecule has 11 heteroatoms. The smallest absolute Gasteiger partial charge is 0.309 e. The van der Waals surface area contributed by atoms with Crippen molar-refractivity contribution in [3.63, 3.8) is 0 Å². The monoisotopic (exact) mass is 515 g/mol. The predicted molar refractivity (Wildman–Crippen MR) is 125 cm³/mol. The second kappa shape index (κ2) is 9.75. The molecule has 1 aliphatic rings. The number of aliphatic carboxylic acids is 1. The van der Waals surface area contributed by atoms with Gasteiger partial charge in [0.2, 0.25) is 11.6 Å². The van der Waals surface area contributed by atoms with Crippen molar-refractivity contribution in [2.75, 3.05) is 13.1 Å². The van der Waals surface area contributed by atoms with Crippen LogP contribution in [0.25, 0.3) is 22.2 Å². The Hall–Kier alpha value is -3.70. The molecule has 0 amide bonds. The van der Waals surface area contributed by atoms with Crippen molar-refractivity contribution in [3.05, 3.63) is 70.4 Å². The minimum atomic E-state index is -1.21. The summed E-state index contributed by atoms with van der Waals surface area (Å²) in [4.78, 5) is 19.4. The van der Waals surface area contributed by atoms with Crippen molar-refractivity contribution in [2.24, 2.45) is 5.92 Å². The van der Waals surface area contributed by atoms with Crippen LogP contribution in [0.15, 0.2) is 47.0 Å². The molecule has 0 radical (unpaired) electrons. The van der Waals surface area contributed by atoms with Gasteiger partial charge in [-0.05, 0) is 48.4 Å². The van der Waals surface area contributed by atoms with Crippen molar-refractivity contribution < 1.29 is 32.3 Å². The number of carboxylic acids is 1. The Labute approximate surface area is 207 Å². The summed E-state index contributed by atoms with van der Waals surface area (Å²) in [5.74, 6) is -4.46. The van der Waals surface area contributed by atoms with Gasteiger partial charge in [0.1, 0.15) is 0 Å². The molecule has 0 aliphatic carbocycles. The van der Waals surface area contributed by atoms with E-state index in [9.17, 15) is 18.0 Å². The van der Waals surface area contributed by atoms with Crippen molar-refractivity contribution in [2.45, 2.75) is 19.9 Å². The van der Waals surface area contributed by atoms with E-state index in [2.05, 4.69) is 21.1 Å². The summed E-state index contributed by atoms with van der Waals surface area (Å²) in [6, 6.07) is 9.33. The number of hydrogen-bond acceptors (Lipinski definition) is 7. The molecule has 4 aromatic rings. The van der Waals surface area contributed by atoms with Gasteiger partial charge in [-0.15, -0.1) is 11.3 Å². The summed E-state index contributed by atoms with van der Waals surface area (Å²) in [7, 11) is 0. The van der Waals surface area contributed by atoms with Gasteiger partial charge in [-0.3, -0.25) is 9.69 Å². The largest absolute Gasteiger partial charge is 0.481 e. The summed E-state index contributed by atoms with van der Waals surface area (Å²) in [6.07, 6.45) is 0.741. The number of ether oxygens (including phenoxy) is 1. The molecule has 0 bridgehead atoms. The van der Waals surface area contributed by atoms with E-state index in [1.54, 1.807) is 0 Å². The van der Waals surface area contributed by atoms with Gasteiger partial charge in [0, 0.05) is 30.1 Å². The number of carboxylic acid groups (broad SMARTS) is 1. The lowest BCUT2D eigenvalue weighted by Gasteiger charge is -2.36. The van der Waals surface area contributed by atoms with E-state index in [1.165, 1.54) is 35.6 Å².